The van der Waals surface area contributed by atoms with E-state index in [4.69, 9.17) is 4.74 Å². The zero-order valence-electron chi connectivity index (χ0n) is 17.4. The summed E-state index contributed by atoms with van der Waals surface area (Å²) in [5.41, 5.74) is 3.74. The highest BCUT2D eigenvalue weighted by Crippen LogP contribution is 2.32. The lowest BCUT2D eigenvalue weighted by molar-refractivity contribution is 0.483. The molecule has 3 aromatic heterocycles. The van der Waals surface area contributed by atoms with Crippen molar-refractivity contribution in [1.82, 2.24) is 19.6 Å². The van der Waals surface area contributed by atoms with Crippen LogP contribution in [0.25, 0.3) is 39.2 Å². The van der Waals surface area contributed by atoms with Gasteiger partial charge in [0.15, 0.2) is 11.5 Å². The molecule has 5 nitrogen and oxygen atoms in total. The number of halogens is 1. The highest BCUT2D eigenvalue weighted by molar-refractivity contribution is 5.91. The molecule has 3 heterocycles. The summed E-state index contributed by atoms with van der Waals surface area (Å²) in [5, 5.41) is 9.85. The van der Waals surface area contributed by atoms with Crippen LogP contribution in [-0.2, 0) is 0 Å². The fourth-order valence-corrected chi connectivity index (χ4v) is 3.94. The summed E-state index contributed by atoms with van der Waals surface area (Å²) in [4.78, 5) is 4.58. The topological polar surface area (TPSA) is 52.3 Å². The summed E-state index contributed by atoms with van der Waals surface area (Å²) in [6.07, 6.45) is 1.74. The Bertz CT molecular complexity index is 1590. The molecule has 0 bridgehead atoms. The van der Waals surface area contributed by atoms with Gasteiger partial charge in [-0.1, -0.05) is 30.3 Å². The lowest BCUT2D eigenvalue weighted by atomic mass is 10.1. The molecule has 33 heavy (non-hydrogen) atoms. The molecule has 158 valence electrons. The Morgan fingerprint density at radius 2 is 1.48 bits per heavy atom. The van der Waals surface area contributed by atoms with Gasteiger partial charge in [0.05, 0.1) is 0 Å². The van der Waals surface area contributed by atoms with Crippen LogP contribution in [0.4, 0.5) is 4.39 Å². The average Bonchev–Trinajstić information content (AvgIpc) is 3.30. The van der Waals surface area contributed by atoms with E-state index < -0.39 is 0 Å². The minimum absolute atomic E-state index is 0.300. The first-order valence-corrected chi connectivity index (χ1v) is 10.5. The van der Waals surface area contributed by atoms with E-state index in [2.05, 4.69) is 15.2 Å². The van der Waals surface area contributed by atoms with E-state index in [1.54, 1.807) is 12.3 Å². The molecule has 6 rings (SSSR count). The predicted octanol–water partition coefficient (Wildman–Crippen LogP) is 6.54. The smallest absolute Gasteiger partial charge is 0.170 e. The van der Waals surface area contributed by atoms with Crippen molar-refractivity contribution in [1.29, 1.82) is 0 Å². The van der Waals surface area contributed by atoms with Crippen molar-refractivity contribution in [3.8, 4) is 34.0 Å². The molecule has 6 aromatic rings. The molecule has 3 aromatic carbocycles. The summed E-state index contributed by atoms with van der Waals surface area (Å²) in [6, 6.07) is 29.6. The van der Waals surface area contributed by atoms with Crippen LogP contribution in [0.2, 0.25) is 0 Å². The Morgan fingerprint density at radius 3 is 2.30 bits per heavy atom. The molecule has 0 radical (unpaired) electrons. The van der Waals surface area contributed by atoms with Crippen LogP contribution < -0.4 is 4.74 Å². The molecule has 0 saturated heterocycles. The van der Waals surface area contributed by atoms with Crippen LogP contribution in [0.3, 0.4) is 0 Å². The van der Waals surface area contributed by atoms with Gasteiger partial charge in [-0.05, 0) is 72.3 Å². The van der Waals surface area contributed by atoms with Gasteiger partial charge in [-0.25, -0.2) is 9.37 Å². The van der Waals surface area contributed by atoms with Crippen LogP contribution >= 0.6 is 0 Å². The molecular formula is C27H17FN4O. The van der Waals surface area contributed by atoms with Crippen LogP contribution in [0.1, 0.15) is 0 Å². The van der Waals surface area contributed by atoms with Crippen molar-refractivity contribution in [3.05, 3.63) is 109 Å². The van der Waals surface area contributed by atoms with E-state index in [0.29, 0.717) is 11.5 Å². The standard InChI is InChI=1S/C27H17FN4O/c28-21-8-4-6-19(16-21)24-17-20-7-5-15-29-25(20)32-26(30-31-27(24)32)18-11-13-23(14-12-18)33-22-9-2-1-3-10-22/h1-17H. The van der Waals surface area contributed by atoms with Gasteiger partial charge in [0.1, 0.15) is 23.0 Å². The zero-order chi connectivity index (χ0) is 22.2. The van der Waals surface area contributed by atoms with Gasteiger partial charge < -0.3 is 4.74 Å². The number of hydrogen-bond acceptors (Lipinski definition) is 4. The maximum Gasteiger partial charge on any atom is 0.170 e. The van der Waals surface area contributed by atoms with Gasteiger partial charge in [0.25, 0.3) is 0 Å². The molecular weight excluding hydrogens is 415 g/mol. The van der Waals surface area contributed by atoms with Gasteiger partial charge in [-0.15, -0.1) is 10.2 Å². The summed E-state index contributed by atoms with van der Waals surface area (Å²) in [6.45, 7) is 0. The van der Waals surface area contributed by atoms with Crippen molar-refractivity contribution < 1.29 is 9.13 Å². The van der Waals surface area contributed by atoms with E-state index in [1.807, 2.05) is 83.3 Å². The summed E-state index contributed by atoms with van der Waals surface area (Å²) in [5.74, 6) is 1.85. The number of ether oxygens (including phenoxy) is 1. The summed E-state index contributed by atoms with van der Waals surface area (Å²) in [7, 11) is 0. The van der Waals surface area contributed by atoms with Gasteiger partial charge >= 0.3 is 0 Å². The monoisotopic (exact) mass is 432 g/mol. The summed E-state index contributed by atoms with van der Waals surface area (Å²) >= 11 is 0. The first-order valence-electron chi connectivity index (χ1n) is 10.5. The number of pyridine rings is 2. The minimum atomic E-state index is -0.300. The van der Waals surface area contributed by atoms with Crippen molar-refractivity contribution in [2.75, 3.05) is 0 Å². The Morgan fingerprint density at radius 1 is 0.667 bits per heavy atom. The Labute approximate surface area is 188 Å². The molecule has 0 aliphatic rings. The van der Waals surface area contributed by atoms with Crippen molar-refractivity contribution in [2.45, 2.75) is 0 Å². The van der Waals surface area contributed by atoms with Crippen molar-refractivity contribution >= 4 is 16.7 Å². The number of hydrogen-bond donors (Lipinski definition) is 0. The predicted molar refractivity (Wildman–Crippen MR) is 126 cm³/mol. The number of aromatic nitrogens is 4. The second kappa shape index (κ2) is 7.84. The lowest BCUT2D eigenvalue weighted by Gasteiger charge is -2.10. The number of rotatable bonds is 4. The molecule has 6 heteroatoms. The maximum absolute atomic E-state index is 14.0. The van der Waals surface area contributed by atoms with Gasteiger partial charge in [0, 0.05) is 22.7 Å². The van der Waals surface area contributed by atoms with Gasteiger partial charge in [-0.3, -0.25) is 4.40 Å². The fraction of sp³-hybridized carbons (Fsp3) is 0. The highest BCUT2D eigenvalue weighted by Gasteiger charge is 2.17. The molecule has 0 fully saturated rings. The molecule has 0 unspecified atom stereocenters. The van der Waals surface area contributed by atoms with Gasteiger partial charge in [-0.2, -0.15) is 0 Å². The third-order valence-corrected chi connectivity index (χ3v) is 5.46. The Hall–Kier alpha value is -4.58. The van der Waals surface area contributed by atoms with E-state index in [-0.39, 0.29) is 5.82 Å². The van der Waals surface area contributed by atoms with Gasteiger partial charge in [0.2, 0.25) is 0 Å². The molecule has 0 atom stereocenters. The third kappa shape index (κ3) is 3.47. The van der Waals surface area contributed by atoms with Crippen molar-refractivity contribution in [3.63, 3.8) is 0 Å². The first kappa shape index (κ1) is 19.1. The second-order valence-electron chi connectivity index (χ2n) is 7.61. The van der Waals surface area contributed by atoms with E-state index in [9.17, 15) is 4.39 Å². The summed E-state index contributed by atoms with van der Waals surface area (Å²) < 4.78 is 21.8. The van der Waals surface area contributed by atoms with Crippen LogP contribution in [0, 0.1) is 5.82 Å². The van der Waals surface area contributed by atoms with E-state index >= 15 is 0 Å². The molecule has 0 amide bonds. The first-order chi connectivity index (χ1) is 16.3. The van der Waals surface area contributed by atoms with Crippen molar-refractivity contribution in [2.24, 2.45) is 0 Å². The van der Waals surface area contributed by atoms with Crippen LogP contribution in [0.5, 0.6) is 11.5 Å². The SMILES string of the molecule is Fc1cccc(-c2cc3cccnc3n3c(-c4ccc(Oc5ccccc5)cc4)nnc23)c1. The van der Waals surface area contributed by atoms with Crippen LogP contribution in [-0.4, -0.2) is 19.6 Å². The number of para-hydroxylation sites is 1. The zero-order valence-corrected chi connectivity index (χ0v) is 17.4. The maximum atomic E-state index is 14.0. The highest BCUT2D eigenvalue weighted by atomic mass is 19.1. The third-order valence-electron chi connectivity index (χ3n) is 5.46. The van der Waals surface area contributed by atoms with E-state index in [0.717, 1.165) is 39.2 Å². The molecule has 0 spiro atoms. The molecule has 0 aliphatic heterocycles. The van der Waals surface area contributed by atoms with E-state index in [1.165, 1.54) is 12.1 Å². The molecule has 0 saturated carbocycles. The Balaban J connectivity index is 1.50. The Kier molecular flexibility index (Phi) is 4.54. The number of nitrogens with zero attached hydrogens (tertiary/aromatic N) is 4. The normalized spacial score (nSPS) is 11.2. The number of fused-ring (bicyclic) bond motifs is 3. The largest absolute Gasteiger partial charge is 0.457 e. The average molecular weight is 432 g/mol. The molecule has 0 N–H and O–H groups in total. The minimum Gasteiger partial charge on any atom is -0.457 e. The van der Waals surface area contributed by atoms with Crippen LogP contribution in [0.15, 0.2) is 103 Å². The number of benzene rings is 3. The molecule has 0 aliphatic carbocycles. The lowest BCUT2D eigenvalue weighted by Crippen LogP contribution is -1.97. The quantitative estimate of drug-likeness (QED) is 0.317. The second-order valence-corrected chi connectivity index (χ2v) is 7.61. The fourth-order valence-electron chi connectivity index (χ4n) is 3.94.